The van der Waals surface area contributed by atoms with Gasteiger partial charge in [-0.1, -0.05) is 40.5 Å². The van der Waals surface area contributed by atoms with Crippen molar-refractivity contribution in [2.75, 3.05) is 5.73 Å². The van der Waals surface area contributed by atoms with Crippen molar-refractivity contribution >= 4 is 28.9 Å². The van der Waals surface area contributed by atoms with Crippen LogP contribution in [0.2, 0.25) is 10.0 Å². The lowest BCUT2D eigenvalue weighted by atomic mass is 10.1. The lowest BCUT2D eigenvalue weighted by Gasteiger charge is -2.15. The van der Waals surface area contributed by atoms with Crippen molar-refractivity contribution in [1.82, 2.24) is 24.5 Å². The van der Waals surface area contributed by atoms with Crippen LogP contribution in [0.4, 0.5) is 5.69 Å². The van der Waals surface area contributed by atoms with Crippen LogP contribution in [0.3, 0.4) is 0 Å². The topological polar surface area (TPSA) is 74.5 Å². The molecule has 0 atom stereocenters. The number of hydrogen-bond donors (Lipinski definition) is 1. The first-order chi connectivity index (χ1) is 12.5. The maximum atomic E-state index is 6.51. The van der Waals surface area contributed by atoms with Crippen LogP contribution in [0, 0.1) is 6.92 Å². The van der Waals surface area contributed by atoms with Crippen LogP contribution in [0.5, 0.6) is 0 Å². The van der Waals surface area contributed by atoms with Gasteiger partial charge in [-0.05, 0) is 31.2 Å². The minimum atomic E-state index is 0.495. The molecule has 0 aliphatic heterocycles. The number of halogens is 2. The van der Waals surface area contributed by atoms with Gasteiger partial charge in [0.15, 0.2) is 0 Å². The number of anilines is 1. The standard InChI is InChI=1S/C18H14Cl2N6/c1-11-9-25(10-22-11)18-15(20)6-14(21)7-16(18)26-17(8-23-24-26)12-2-4-13(19)5-3-12/h2-10H,21H2,1H3. The fourth-order valence-electron chi connectivity index (χ4n) is 2.80. The molecule has 2 N–H and O–H groups in total. The molecule has 0 unspecified atom stereocenters. The van der Waals surface area contributed by atoms with E-state index in [0.29, 0.717) is 21.4 Å². The number of hydrogen-bond acceptors (Lipinski definition) is 4. The van der Waals surface area contributed by atoms with E-state index in [-0.39, 0.29) is 0 Å². The molecule has 0 fully saturated rings. The molecule has 0 aliphatic rings. The van der Waals surface area contributed by atoms with Crippen molar-refractivity contribution in [3.05, 3.63) is 70.9 Å². The predicted molar refractivity (Wildman–Crippen MR) is 103 cm³/mol. The van der Waals surface area contributed by atoms with E-state index in [1.165, 1.54) is 0 Å². The molecule has 2 aromatic heterocycles. The molecule has 0 bridgehead atoms. The average Bonchev–Trinajstić information content (AvgIpc) is 3.24. The Hall–Kier alpha value is -2.83. The molecule has 2 heterocycles. The highest BCUT2D eigenvalue weighted by molar-refractivity contribution is 6.33. The molecule has 26 heavy (non-hydrogen) atoms. The van der Waals surface area contributed by atoms with Crippen molar-refractivity contribution in [3.8, 4) is 22.6 Å². The summed E-state index contributed by atoms with van der Waals surface area (Å²) in [7, 11) is 0. The molecule has 0 spiro atoms. The number of nitrogen functional groups attached to an aromatic ring is 1. The summed E-state index contributed by atoms with van der Waals surface area (Å²) >= 11 is 12.5. The summed E-state index contributed by atoms with van der Waals surface area (Å²) < 4.78 is 3.55. The lowest BCUT2D eigenvalue weighted by molar-refractivity contribution is 0.800. The van der Waals surface area contributed by atoms with Crippen LogP contribution in [0.25, 0.3) is 22.6 Å². The van der Waals surface area contributed by atoms with Crippen LogP contribution < -0.4 is 5.73 Å². The minimum Gasteiger partial charge on any atom is -0.399 e. The van der Waals surface area contributed by atoms with E-state index >= 15 is 0 Å². The molecule has 0 saturated heterocycles. The van der Waals surface area contributed by atoms with Gasteiger partial charge in [-0.3, -0.25) is 0 Å². The maximum absolute atomic E-state index is 6.51. The van der Waals surface area contributed by atoms with E-state index in [1.54, 1.807) is 23.3 Å². The third kappa shape index (κ3) is 2.94. The Labute approximate surface area is 159 Å². The van der Waals surface area contributed by atoms with Gasteiger partial charge in [0.2, 0.25) is 0 Å². The van der Waals surface area contributed by atoms with Gasteiger partial charge in [0.25, 0.3) is 0 Å². The molecule has 0 radical (unpaired) electrons. The molecule has 6 nitrogen and oxygen atoms in total. The number of aryl methyl sites for hydroxylation is 1. The Kier molecular flexibility index (Phi) is 4.14. The molecule has 8 heteroatoms. The second-order valence-corrected chi connectivity index (χ2v) is 6.67. The Balaban J connectivity index is 1.95. The summed E-state index contributed by atoms with van der Waals surface area (Å²) in [4.78, 5) is 4.28. The first-order valence-electron chi connectivity index (χ1n) is 7.80. The molecular formula is C18H14Cl2N6. The van der Waals surface area contributed by atoms with Gasteiger partial charge >= 0.3 is 0 Å². The number of benzene rings is 2. The first-order valence-corrected chi connectivity index (χ1v) is 8.55. The monoisotopic (exact) mass is 384 g/mol. The lowest BCUT2D eigenvalue weighted by Crippen LogP contribution is -2.07. The van der Waals surface area contributed by atoms with Crippen molar-refractivity contribution in [2.24, 2.45) is 0 Å². The van der Waals surface area contributed by atoms with E-state index in [4.69, 9.17) is 28.9 Å². The van der Waals surface area contributed by atoms with Crippen LogP contribution in [-0.4, -0.2) is 24.5 Å². The summed E-state index contributed by atoms with van der Waals surface area (Å²) in [6.45, 7) is 1.91. The molecule has 130 valence electrons. The first kappa shape index (κ1) is 16.6. The normalized spacial score (nSPS) is 11.0. The second kappa shape index (κ2) is 6.48. The Morgan fingerprint density at radius 1 is 1.08 bits per heavy atom. The molecule has 0 saturated carbocycles. The summed E-state index contributed by atoms with van der Waals surface area (Å²) in [6.07, 6.45) is 5.28. The zero-order valence-corrected chi connectivity index (χ0v) is 15.3. The van der Waals surface area contributed by atoms with Crippen LogP contribution in [0.1, 0.15) is 5.69 Å². The van der Waals surface area contributed by atoms with Gasteiger partial charge in [0.05, 0.1) is 40.3 Å². The van der Waals surface area contributed by atoms with E-state index in [9.17, 15) is 0 Å². The SMILES string of the molecule is Cc1cn(-c2c(Cl)cc(N)cc2-n2nncc2-c2ccc(Cl)cc2)cn1. The van der Waals surface area contributed by atoms with Crippen molar-refractivity contribution < 1.29 is 0 Å². The molecule has 2 aromatic carbocycles. The molecular weight excluding hydrogens is 371 g/mol. The zero-order chi connectivity index (χ0) is 18.3. The van der Waals surface area contributed by atoms with E-state index in [0.717, 1.165) is 22.6 Å². The van der Waals surface area contributed by atoms with Gasteiger partial charge in [0, 0.05) is 22.5 Å². The Bertz CT molecular complexity index is 1080. The van der Waals surface area contributed by atoms with E-state index in [2.05, 4.69) is 15.3 Å². The van der Waals surface area contributed by atoms with Gasteiger partial charge in [-0.2, -0.15) is 0 Å². The quantitative estimate of drug-likeness (QED) is 0.533. The van der Waals surface area contributed by atoms with Crippen LogP contribution >= 0.6 is 23.2 Å². The average molecular weight is 385 g/mol. The number of nitrogens with two attached hydrogens (primary N) is 1. The summed E-state index contributed by atoms with van der Waals surface area (Å²) in [5.74, 6) is 0. The summed E-state index contributed by atoms with van der Waals surface area (Å²) in [6, 6.07) is 11.0. The third-order valence-electron chi connectivity index (χ3n) is 3.95. The fraction of sp³-hybridized carbons (Fsp3) is 0.0556. The highest BCUT2D eigenvalue weighted by Gasteiger charge is 2.17. The highest BCUT2D eigenvalue weighted by atomic mass is 35.5. The van der Waals surface area contributed by atoms with Crippen LogP contribution in [-0.2, 0) is 0 Å². The second-order valence-electron chi connectivity index (χ2n) is 5.83. The molecule has 0 amide bonds. The van der Waals surface area contributed by atoms with E-state index < -0.39 is 0 Å². The fourth-order valence-corrected chi connectivity index (χ4v) is 3.24. The number of imidazole rings is 1. The van der Waals surface area contributed by atoms with Crippen molar-refractivity contribution in [3.63, 3.8) is 0 Å². The highest BCUT2D eigenvalue weighted by Crippen LogP contribution is 2.33. The van der Waals surface area contributed by atoms with Gasteiger partial charge in [0.1, 0.15) is 0 Å². The number of aromatic nitrogens is 5. The predicted octanol–water partition coefficient (Wildman–Crippen LogP) is 4.32. The smallest absolute Gasteiger partial charge is 0.0996 e. The largest absolute Gasteiger partial charge is 0.399 e. The molecule has 4 rings (SSSR count). The summed E-state index contributed by atoms with van der Waals surface area (Å²) in [5.41, 5.74) is 10.6. The molecule has 4 aromatic rings. The maximum Gasteiger partial charge on any atom is 0.0996 e. The zero-order valence-electron chi connectivity index (χ0n) is 13.8. The third-order valence-corrected chi connectivity index (χ3v) is 4.49. The minimum absolute atomic E-state index is 0.495. The van der Waals surface area contributed by atoms with Crippen LogP contribution in [0.15, 0.2) is 55.1 Å². The van der Waals surface area contributed by atoms with Gasteiger partial charge in [-0.25, -0.2) is 9.67 Å². The van der Waals surface area contributed by atoms with Crippen molar-refractivity contribution in [2.45, 2.75) is 6.92 Å². The summed E-state index contributed by atoms with van der Waals surface area (Å²) in [5, 5.41) is 9.47. The number of rotatable bonds is 3. The Morgan fingerprint density at radius 2 is 1.85 bits per heavy atom. The van der Waals surface area contributed by atoms with Crippen molar-refractivity contribution in [1.29, 1.82) is 0 Å². The van der Waals surface area contributed by atoms with Gasteiger partial charge < -0.3 is 10.3 Å². The Morgan fingerprint density at radius 3 is 2.54 bits per heavy atom. The van der Waals surface area contributed by atoms with E-state index in [1.807, 2.05) is 48.0 Å². The molecule has 0 aliphatic carbocycles. The van der Waals surface area contributed by atoms with Gasteiger partial charge in [-0.15, -0.1) is 5.10 Å². The number of nitrogens with zero attached hydrogens (tertiary/aromatic N) is 5.